The minimum atomic E-state index is -0.512. The van der Waals surface area contributed by atoms with E-state index in [2.05, 4.69) is 15.5 Å². The molecule has 0 atom stereocenters. The summed E-state index contributed by atoms with van der Waals surface area (Å²) in [5.41, 5.74) is 0.125. The third kappa shape index (κ3) is 2.89. The molecule has 0 aliphatic rings. The van der Waals surface area contributed by atoms with E-state index in [1.54, 1.807) is 24.3 Å². The number of nitrogens with one attached hydrogen (secondary N) is 1. The second-order valence-electron chi connectivity index (χ2n) is 4.68. The van der Waals surface area contributed by atoms with Gasteiger partial charge in [0.05, 0.1) is 5.39 Å². The van der Waals surface area contributed by atoms with E-state index in [9.17, 15) is 9.59 Å². The summed E-state index contributed by atoms with van der Waals surface area (Å²) in [6, 6.07) is 7.98. The second kappa shape index (κ2) is 6.07. The molecule has 0 bridgehead atoms. The SMILES string of the molecule is CCCc1nnc(NC(=O)c2cc(=O)c3ccccc3o2)s1. The Balaban J connectivity index is 1.86. The molecule has 0 saturated heterocycles. The minimum absolute atomic E-state index is 0.0454. The molecule has 2 aromatic heterocycles. The molecule has 0 aliphatic heterocycles. The smallest absolute Gasteiger partial charge is 0.293 e. The molecule has 0 aliphatic carbocycles. The number of nitrogens with zero attached hydrogens (tertiary/aromatic N) is 2. The maximum atomic E-state index is 12.2. The third-order valence-electron chi connectivity index (χ3n) is 3.01. The van der Waals surface area contributed by atoms with E-state index < -0.39 is 5.91 Å². The summed E-state index contributed by atoms with van der Waals surface area (Å²) in [4.78, 5) is 24.2. The summed E-state index contributed by atoms with van der Waals surface area (Å²) in [5.74, 6) is -0.557. The van der Waals surface area contributed by atoms with Gasteiger partial charge in [0, 0.05) is 12.5 Å². The van der Waals surface area contributed by atoms with E-state index in [4.69, 9.17) is 4.42 Å². The molecule has 7 heteroatoms. The van der Waals surface area contributed by atoms with Crippen LogP contribution >= 0.6 is 11.3 Å². The van der Waals surface area contributed by atoms with Crippen molar-refractivity contribution in [2.45, 2.75) is 19.8 Å². The molecule has 3 rings (SSSR count). The lowest BCUT2D eigenvalue weighted by Crippen LogP contribution is -2.14. The van der Waals surface area contributed by atoms with Crippen molar-refractivity contribution in [3.8, 4) is 0 Å². The molecule has 0 saturated carbocycles. The first kappa shape index (κ1) is 14.4. The average Bonchev–Trinajstić information content (AvgIpc) is 2.95. The number of amides is 1. The number of carbonyl (C=O) groups is 1. The van der Waals surface area contributed by atoms with Crippen LogP contribution in [0, 0.1) is 0 Å². The molecule has 0 spiro atoms. The van der Waals surface area contributed by atoms with Crippen molar-refractivity contribution >= 4 is 33.3 Å². The van der Waals surface area contributed by atoms with Gasteiger partial charge in [0.1, 0.15) is 10.6 Å². The molecule has 1 N–H and O–H groups in total. The van der Waals surface area contributed by atoms with Crippen LogP contribution in [0.2, 0.25) is 0 Å². The third-order valence-corrected chi connectivity index (χ3v) is 3.91. The van der Waals surface area contributed by atoms with Crippen LogP contribution in [0.5, 0.6) is 0 Å². The van der Waals surface area contributed by atoms with E-state index in [0.29, 0.717) is 16.1 Å². The van der Waals surface area contributed by atoms with Gasteiger partial charge in [-0.3, -0.25) is 14.9 Å². The first-order chi connectivity index (χ1) is 10.7. The van der Waals surface area contributed by atoms with Crippen LogP contribution in [-0.4, -0.2) is 16.1 Å². The Morgan fingerprint density at radius 1 is 1.32 bits per heavy atom. The lowest BCUT2D eigenvalue weighted by atomic mass is 10.2. The van der Waals surface area contributed by atoms with Crippen molar-refractivity contribution < 1.29 is 9.21 Å². The number of rotatable bonds is 4. The van der Waals surface area contributed by atoms with Crippen molar-refractivity contribution in [3.05, 3.63) is 51.3 Å². The number of carbonyl (C=O) groups excluding carboxylic acids is 1. The second-order valence-corrected chi connectivity index (χ2v) is 5.74. The number of aromatic nitrogens is 2. The van der Waals surface area contributed by atoms with Gasteiger partial charge in [0.15, 0.2) is 11.2 Å². The summed E-state index contributed by atoms with van der Waals surface area (Å²) in [6.45, 7) is 2.05. The van der Waals surface area contributed by atoms with Crippen molar-refractivity contribution in [3.63, 3.8) is 0 Å². The molecule has 0 radical (unpaired) electrons. The molecule has 0 fully saturated rings. The highest BCUT2D eigenvalue weighted by molar-refractivity contribution is 7.15. The number of hydrogen-bond acceptors (Lipinski definition) is 6. The van der Waals surface area contributed by atoms with Crippen LogP contribution in [0.3, 0.4) is 0 Å². The van der Waals surface area contributed by atoms with Gasteiger partial charge in [-0.25, -0.2) is 0 Å². The fourth-order valence-electron chi connectivity index (χ4n) is 1.99. The van der Waals surface area contributed by atoms with Crippen molar-refractivity contribution in [2.24, 2.45) is 0 Å². The van der Waals surface area contributed by atoms with E-state index >= 15 is 0 Å². The van der Waals surface area contributed by atoms with Gasteiger partial charge in [-0.15, -0.1) is 10.2 Å². The molecule has 1 amide bonds. The highest BCUT2D eigenvalue weighted by Gasteiger charge is 2.14. The van der Waals surface area contributed by atoms with Crippen molar-refractivity contribution in [1.29, 1.82) is 0 Å². The number of aryl methyl sites for hydroxylation is 1. The first-order valence-electron chi connectivity index (χ1n) is 6.84. The van der Waals surface area contributed by atoms with Gasteiger partial charge in [-0.05, 0) is 18.6 Å². The van der Waals surface area contributed by atoms with Gasteiger partial charge in [0.25, 0.3) is 5.91 Å². The Labute approximate surface area is 129 Å². The van der Waals surface area contributed by atoms with E-state index in [-0.39, 0.29) is 11.2 Å². The van der Waals surface area contributed by atoms with E-state index in [1.807, 2.05) is 6.92 Å². The summed E-state index contributed by atoms with van der Waals surface area (Å²) in [6.07, 6.45) is 1.78. The van der Waals surface area contributed by atoms with Crippen LogP contribution in [0.1, 0.15) is 28.9 Å². The predicted molar refractivity (Wildman–Crippen MR) is 84.3 cm³/mol. The topological polar surface area (TPSA) is 85.1 Å². The van der Waals surface area contributed by atoms with Crippen LogP contribution in [0.25, 0.3) is 11.0 Å². The molecule has 2 heterocycles. The molecule has 0 unspecified atom stereocenters. The quantitative estimate of drug-likeness (QED) is 0.800. The number of hydrogen-bond donors (Lipinski definition) is 1. The molecule has 22 heavy (non-hydrogen) atoms. The molecule has 112 valence electrons. The minimum Gasteiger partial charge on any atom is -0.451 e. The van der Waals surface area contributed by atoms with Crippen LogP contribution in [0.15, 0.2) is 39.5 Å². The summed E-state index contributed by atoms with van der Waals surface area (Å²) in [5, 5.41) is 12.2. The normalized spacial score (nSPS) is 10.8. The van der Waals surface area contributed by atoms with Crippen molar-refractivity contribution in [2.75, 3.05) is 5.32 Å². The lowest BCUT2D eigenvalue weighted by Gasteiger charge is -2.02. The summed E-state index contributed by atoms with van der Waals surface area (Å²) < 4.78 is 5.48. The maximum absolute atomic E-state index is 12.2. The first-order valence-corrected chi connectivity index (χ1v) is 7.65. The monoisotopic (exact) mass is 315 g/mol. The van der Waals surface area contributed by atoms with Gasteiger partial charge in [-0.1, -0.05) is 30.4 Å². The molecule has 6 nitrogen and oxygen atoms in total. The highest BCUT2D eigenvalue weighted by Crippen LogP contribution is 2.18. The van der Waals surface area contributed by atoms with Crippen LogP contribution < -0.4 is 10.7 Å². The fraction of sp³-hybridized carbons (Fsp3) is 0.200. The van der Waals surface area contributed by atoms with Gasteiger partial charge >= 0.3 is 0 Å². The van der Waals surface area contributed by atoms with E-state index in [1.165, 1.54) is 17.4 Å². The number of fused-ring (bicyclic) bond motifs is 1. The number of para-hydroxylation sites is 1. The molecule has 3 aromatic rings. The van der Waals surface area contributed by atoms with Gasteiger partial charge in [0.2, 0.25) is 5.13 Å². The Bertz CT molecular complexity index is 885. The number of benzene rings is 1. The molecular formula is C15H13N3O3S. The van der Waals surface area contributed by atoms with Crippen LogP contribution in [-0.2, 0) is 6.42 Å². The van der Waals surface area contributed by atoms with Crippen LogP contribution in [0.4, 0.5) is 5.13 Å². The Morgan fingerprint density at radius 2 is 2.14 bits per heavy atom. The molecular weight excluding hydrogens is 302 g/mol. The van der Waals surface area contributed by atoms with Gasteiger partial charge in [-0.2, -0.15) is 0 Å². The number of anilines is 1. The summed E-state index contributed by atoms with van der Waals surface area (Å²) >= 11 is 1.31. The Kier molecular flexibility index (Phi) is 3.97. The zero-order valence-electron chi connectivity index (χ0n) is 11.8. The standard InChI is InChI=1S/C15H13N3O3S/c1-2-5-13-17-18-15(22-13)16-14(20)12-8-10(19)9-6-3-4-7-11(9)21-12/h3-4,6-8H,2,5H2,1H3,(H,16,18,20). The van der Waals surface area contributed by atoms with Crippen molar-refractivity contribution in [1.82, 2.24) is 10.2 Å². The molecule has 1 aromatic carbocycles. The average molecular weight is 315 g/mol. The predicted octanol–water partition coefficient (Wildman–Crippen LogP) is 2.85. The zero-order chi connectivity index (χ0) is 15.5. The fourth-order valence-corrected chi connectivity index (χ4v) is 2.83. The Hall–Kier alpha value is -2.54. The highest BCUT2D eigenvalue weighted by atomic mass is 32.1. The summed E-state index contributed by atoms with van der Waals surface area (Å²) in [7, 11) is 0. The lowest BCUT2D eigenvalue weighted by molar-refractivity contribution is 0.0997. The Morgan fingerprint density at radius 3 is 2.95 bits per heavy atom. The zero-order valence-corrected chi connectivity index (χ0v) is 12.6. The van der Waals surface area contributed by atoms with Gasteiger partial charge < -0.3 is 4.42 Å². The van der Waals surface area contributed by atoms with E-state index in [0.717, 1.165) is 17.8 Å². The maximum Gasteiger partial charge on any atom is 0.293 e. The largest absolute Gasteiger partial charge is 0.451 e.